The minimum Gasteiger partial charge on any atom is -0.411 e. The van der Waals surface area contributed by atoms with Crippen molar-refractivity contribution < 1.29 is 10.0 Å². The summed E-state index contributed by atoms with van der Waals surface area (Å²) >= 11 is 0. The van der Waals surface area contributed by atoms with E-state index < -0.39 is 5.41 Å². The van der Waals surface area contributed by atoms with E-state index in [0.29, 0.717) is 0 Å². The molecule has 0 heterocycles. The number of nitrogens with zero attached hydrogens (tertiary/aromatic N) is 1. The molecule has 3 heteroatoms. The Bertz CT molecular complexity index is 132. The second-order valence-electron chi connectivity index (χ2n) is 2.86. The van der Waals surface area contributed by atoms with E-state index >= 15 is 0 Å². The first-order valence-corrected chi connectivity index (χ1v) is 2.70. The fourth-order valence-electron chi connectivity index (χ4n) is 0.246. The van der Waals surface area contributed by atoms with Gasteiger partial charge in [0.05, 0.1) is 0 Å². The highest BCUT2D eigenvalue weighted by molar-refractivity contribution is 6.29. The molecule has 0 bridgehead atoms. The molecular weight excluding hydrogens is 118 g/mol. The molecule has 0 fully saturated rings. The predicted molar refractivity (Wildman–Crippen MR) is 34.7 cm³/mol. The average Bonchev–Trinajstić information content (AvgIpc) is 1.64. The molecule has 0 aliphatic heterocycles. The summed E-state index contributed by atoms with van der Waals surface area (Å²) in [5.41, 5.74) is -0.438. The van der Waals surface area contributed by atoms with Gasteiger partial charge in [-0.3, -0.25) is 4.79 Å². The van der Waals surface area contributed by atoms with Crippen LogP contribution in [0.15, 0.2) is 5.16 Å². The van der Waals surface area contributed by atoms with Gasteiger partial charge in [0.15, 0.2) is 5.78 Å². The zero-order valence-corrected chi connectivity index (χ0v) is 5.88. The Morgan fingerprint density at radius 1 is 1.56 bits per heavy atom. The lowest BCUT2D eigenvalue weighted by molar-refractivity contribution is -0.119. The summed E-state index contributed by atoms with van der Waals surface area (Å²) in [7, 11) is 0. The van der Waals surface area contributed by atoms with E-state index in [1.54, 1.807) is 20.8 Å². The second-order valence-corrected chi connectivity index (χ2v) is 2.86. The van der Waals surface area contributed by atoms with Crippen molar-refractivity contribution in [3.8, 4) is 0 Å². The highest BCUT2D eigenvalue weighted by Crippen LogP contribution is 2.12. The molecule has 0 rings (SSSR count). The molecule has 52 valence electrons. The van der Waals surface area contributed by atoms with Gasteiger partial charge in [-0.05, 0) is 0 Å². The average molecular weight is 129 g/mol. The first-order valence-electron chi connectivity index (χ1n) is 2.70. The van der Waals surface area contributed by atoms with Crippen molar-refractivity contribution in [2.45, 2.75) is 20.8 Å². The fourth-order valence-corrected chi connectivity index (χ4v) is 0.246. The Morgan fingerprint density at radius 3 is 2.11 bits per heavy atom. The molecule has 9 heavy (non-hydrogen) atoms. The van der Waals surface area contributed by atoms with E-state index in [2.05, 4.69) is 5.16 Å². The molecule has 0 radical (unpaired) electrons. The number of rotatable bonds is 1. The van der Waals surface area contributed by atoms with Gasteiger partial charge in [-0.15, -0.1) is 0 Å². The maximum atomic E-state index is 10.8. The van der Waals surface area contributed by atoms with E-state index in [1.807, 2.05) is 0 Å². The maximum absolute atomic E-state index is 10.8. The van der Waals surface area contributed by atoms with Crippen molar-refractivity contribution >= 4 is 12.0 Å². The van der Waals surface area contributed by atoms with Crippen molar-refractivity contribution in [1.82, 2.24) is 0 Å². The lowest BCUT2D eigenvalue weighted by Gasteiger charge is -2.11. The summed E-state index contributed by atoms with van der Waals surface area (Å²) in [6.45, 7) is 5.28. The van der Waals surface area contributed by atoms with Crippen LogP contribution in [0.25, 0.3) is 0 Å². The van der Waals surface area contributed by atoms with Crippen LogP contribution in [0.1, 0.15) is 20.8 Å². The Labute approximate surface area is 54.4 Å². The van der Waals surface area contributed by atoms with Crippen LogP contribution in [-0.4, -0.2) is 17.2 Å². The van der Waals surface area contributed by atoms with Gasteiger partial charge in [-0.2, -0.15) is 0 Å². The third kappa shape index (κ3) is 2.85. The lowest BCUT2D eigenvalue weighted by Crippen LogP contribution is -2.20. The van der Waals surface area contributed by atoms with Crippen LogP contribution in [-0.2, 0) is 4.79 Å². The van der Waals surface area contributed by atoms with Crippen LogP contribution >= 0.6 is 0 Å². The highest BCUT2D eigenvalue weighted by Gasteiger charge is 2.18. The van der Waals surface area contributed by atoms with Crippen molar-refractivity contribution in [1.29, 1.82) is 0 Å². The molecule has 0 unspecified atom stereocenters. The maximum Gasteiger partial charge on any atom is 0.182 e. The molecule has 0 spiro atoms. The number of carbonyl (C=O) groups excluding carboxylic acids is 1. The largest absolute Gasteiger partial charge is 0.411 e. The third-order valence-electron chi connectivity index (χ3n) is 0.914. The molecule has 0 aromatic rings. The van der Waals surface area contributed by atoms with Crippen LogP contribution in [0.2, 0.25) is 0 Å². The molecule has 0 aromatic heterocycles. The summed E-state index contributed by atoms with van der Waals surface area (Å²) in [6, 6.07) is 0. The highest BCUT2D eigenvalue weighted by atomic mass is 16.4. The number of ketones is 1. The van der Waals surface area contributed by atoms with Crippen LogP contribution in [0.5, 0.6) is 0 Å². The van der Waals surface area contributed by atoms with Crippen LogP contribution < -0.4 is 0 Å². The third-order valence-corrected chi connectivity index (χ3v) is 0.914. The molecule has 0 aromatic carbocycles. The minimum atomic E-state index is -0.438. The summed E-state index contributed by atoms with van der Waals surface area (Å²) in [5, 5.41) is 10.6. The van der Waals surface area contributed by atoms with Gasteiger partial charge < -0.3 is 5.21 Å². The van der Waals surface area contributed by atoms with Gasteiger partial charge in [0.2, 0.25) is 0 Å². The molecule has 0 atom stereocenters. The van der Waals surface area contributed by atoms with Gasteiger partial charge in [0, 0.05) is 5.41 Å². The van der Waals surface area contributed by atoms with E-state index in [1.165, 1.54) is 0 Å². The number of hydrogen-bond acceptors (Lipinski definition) is 3. The SMILES string of the molecule is CC(C)(C)C(=O)C=NO. The van der Waals surface area contributed by atoms with Crippen molar-refractivity contribution in [3.63, 3.8) is 0 Å². The number of hydrogen-bond donors (Lipinski definition) is 1. The first-order chi connectivity index (χ1) is 3.98. The molecule has 0 saturated heterocycles. The standard InChI is InChI=1S/C6H11NO2/c1-6(2,3)5(8)4-7-9/h4,9H,1-3H3. The van der Waals surface area contributed by atoms with Gasteiger partial charge >= 0.3 is 0 Å². The molecule has 0 amide bonds. The fraction of sp³-hybridized carbons (Fsp3) is 0.667. The summed E-state index contributed by atoms with van der Waals surface area (Å²) < 4.78 is 0. The Kier molecular flexibility index (Phi) is 2.37. The van der Waals surface area contributed by atoms with Gasteiger partial charge in [-0.1, -0.05) is 25.9 Å². The molecule has 0 saturated carbocycles. The second kappa shape index (κ2) is 2.62. The molecule has 1 N–H and O–H groups in total. The topological polar surface area (TPSA) is 49.7 Å². The monoisotopic (exact) mass is 129 g/mol. The van der Waals surface area contributed by atoms with E-state index in [-0.39, 0.29) is 5.78 Å². The van der Waals surface area contributed by atoms with Crippen LogP contribution in [0.3, 0.4) is 0 Å². The van der Waals surface area contributed by atoms with Gasteiger partial charge in [-0.25, -0.2) is 0 Å². The smallest absolute Gasteiger partial charge is 0.182 e. The van der Waals surface area contributed by atoms with E-state index in [9.17, 15) is 4.79 Å². The first kappa shape index (κ1) is 8.14. The molecule has 0 aliphatic carbocycles. The van der Waals surface area contributed by atoms with E-state index in [0.717, 1.165) is 6.21 Å². The Morgan fingerprint density at radius 2 is 2.00 bits per heavy atom. The van der Waals surface area contributed by atoms with E-state index in [4.69, 9.17) is 5.21 Å². The van der Waals surface area contributed by atoms with Crippen LogP contribution in [0, 0.1) is 5.41 Å². The summed E-state index contributed by atoms with van der Waals surface area (Å²) in [5.74, 6) is -0.176. The number of oxime groups is 1. The summed E-state index contributed by atoms with van der Waals surface area (Å²) in [6.07, 6.45) is 0.917. The quantitative estimate of drug-likeness (QED) is 0.327. The zero-order chi connectivity index (χ0) is 7.49. The molecular formula is C6H11NO2. The predicted octanol–water partition coefficient (Wildman–Crippen LogP) is 1.06. The Balaban J connectivity index is 4.06. The van der Waals surface area contributed by atoms with Crippen LogP contribution in [0.4, 0.5) is 0 Å². The lowest BCUT2D eigenvalue weighted by atomic mass is 9.92. The molecule has 0 aliphatic rings. The van der Waals surface area contributed by atoms with Gasteiger partial charge in [0.1, 0.15) is 6.21 Å². The minimum absolute atomic E-state index is 0.176. The summed E-state index contributed by atoms with van der Waals surface area (Å²) in [4.78, 5) is 10.8. The number of carbonyl (C=O) groups is 1. The van der Waals surface area contributed by atoms with Crippen molar-refractivity contribution in [2.24, 2.45) is 10.6 Å². The number of Topliss-reactive ketones (excluding diaryl/α,β-unsaturated/α-hetero) is 1. The zero-order valence-electron chi connectivity index (χ0n) is 5.88. The van der Waals surface area contributed by atoms with Crippen molar-refractivity contribution in [3.05, 3.63) is 0 Å². The van der Waals surface area contributed by atoms with Crippen molar-refractivity contribution in [2.75, 3.05) is 0 Å². The molecule has 3 nitrogen and oxygen atoms in total. The van der Waals surface area contributed by atoms with Gasteiger partial charge in [0.25, 0.3) is 0 Å². The Hall–Kier alpha value is -0.860. The normalized spacial score (nSPS) is 12.3.